The van der Waals surface area contributed by atoms with Crippen LogP contribution in [-0.2, 0) is 0 Å². The van der Waals surface area contributed by atoms with Gasteiger partial charge in [-0.05, 0) is 46.3 Å². The first kappa shape index (κ1) is 13.9. The predicted molar refractivity (Wildman–Crippen MR) is 88.6 cm³/mol. The van der Waals surface area contributed by atoms with E-state index >= 15 is 0 Å². The van der Waals surface area contributed by atoms with Gasteiger partial charge in [-0.25, -0.2) is 0 Å². The van der Waals surface area contributed by atoms with Crippen LogP contribution in [0.3, 0.4) is 0 Å². The zero-order valence-corrected chi connectivity index (χ0v) is 14.0. The lowest BCUT2D eigenvalue weighted by molar-refractivity contribution is 0.103. The van der Waals surface area contributed by atoms with Crippen LogP contribution in [0, 0.1) is 0 Å². The van der Waals surface area contributed by atoms with E-state index in [1.807, 2.05) is 18.2 Å². The maximum Gasteiger partial charge on any atom is 0.196 e. The topological polar surface area (TPSA) is 32.9 Å². The van der Waals surface area contributed by atoms with Crippen LogP contribution in [0.2, 0.25) is 5.02 Å². The Morgan fingerprint density at radius 2 is 1.85 bits per heavy atom. The molecule has 0 saturated heterocycles. The highest BCUT2D eigenvalue weighted by Gasteiger charge is 2.18. The van der Waals surface area contributed by atoms with E-state index in [0.29, 0.717) is 20.6 Å². The van der Waals surface area contributed by atoms with Gasteiger partial charge in [0, 0.05) is 42.2 Å². The van der Waals surface area contributed by atoms with E-state index in [0.717, 1.165) is 15.4 Å². The minimum atomic E-state index is -0.0494. The highest BCUT2D eigenvalue weighted by molar-refractivity contribution is 9.11. The van der Waals surface area contributed by atoms with Gasteiger partial charge in [-0.1, -0.05) is 33.6 Å². The van der Waals surface area contributed by atoms with Gasteiger partial charge < -0.3 is 4.98 Å². The lowest BCUT2D eigenvalue weighted by atomic mass is 10.0. The predicted octanol–water partition coefficient (Wildman–Crippen LogP) is 5.58. The number of hydrogen-bond acceptors (Lipinski definition) is 1. The third-order valence-corrected chi connectivity index (χ3v) is 4.63. The van der Waals surface area contributed by atoms with Crippen LogP contribution < -0.4 is 0 Å². The summed E-state index contributed by atoms with van der Waals surface area (Å²) in [5, 5.41) is 1.48. The molecule has 0 aliphatic carbocycles. The monoisotopic (exact) mass is 411 g/mol. The molecule has 3 rings (SSSR count). The average molecular weight is 413 g/mol. The van der Waals surface area contributed by atoms with Gasteiger partial charge in [-0.3, -0.25) is 4.79 Å². The number of rotatable bonds is 2. The largest absolute Gasteiger partial charge is 0.360 e. The van der Waals surface area contributed by atoms with Crippen LogP contribution in [0.25, 0.3) is 10.9 Å². The van der Waals surface area contributed by atoms with Gasteiger partial charge in [0.2, 0.25) is 0 Å². The molecule has 2 aromatic carbocycles. The van der Waals surface area contributed by atoms with Gasteiger partial charge in [0.05, 0.1) is 0 Å². The van der Waals surface area contributed by atoms with Gasteiger partial charge in [0.15, 0.2) is 5.78 Å². The molecule has 0 radical (unpaired) electrons. The first-order chi connectivity index (χ1) is 9.58. The Labute approximate surface area is 137 Å². The molecule has 0 aliphatic rings. The fraction of sp³-hybridized carbons (Fsp3) is 0. The van der Waals surface area contributed by atoms with Gasteiger partial charge >= 0.3 is 0 Å². The third kappa shape index (κ3) is 2.32. The summed E-state index contributed by atoms with van der Waals surface area (Å²) in [6.07, 6.45) is 1.73. The van der Waals surface area contributed by atoms with Crippen LogP contribution in [-0.4, -0.2) is 10.8 Å². The molecule has 1 heterocycles. The number of fused-ring (bicyclic) bond motifs is 1. The quantitative estimate of drug-likeness (QED) is 0.547. The molecule has 0 amide bonds. The molecule has 0 saturated carbocycles. The molecule has 5 heteroatoms. The molecule has 0 atom stereocenters. The summed E-state index contributed by atoms with van der Waals surface area (Å²) in [4.78, 5) is 15.8. The van der Waals surface area contributed by atoms with Gasteiger partial charge in [-0.2, -0.15) is 0 Å². The maximum atomic E-state index is 12.7. The molecule has 20 heavy (non-hydrogen) atoms. The molecule has 1 N–H and O–H groups in total. The summed E-state index contributed by atoms with van der Waals surface area (Å²) < 4.78 is 1.58. The van der Waals surface area contributed by atoms with Crippen molar-refractivity contribution >= 4 is 60.1 Å². The van der Waals surface area contributed by atoms with Crippen molar-refractivity contribution in [3.63, 3.8) is 0 Å². The molecule has 1 aromatic heterocycles. The lowest BCUT2D eigenvalue weighted by Gasteiger charge is -2.04. The van der Waals surface area contributed by atoms with Crippen LogP contribution in [0.5, 0.6) is 0 Å². The van der Waals surface area contributed by atoms with Crippen LogP contribution in [0.4, 0.5) is 0 Å². The van der Waals surface area contributed by atoms with Crippen molar-refractivity contribution in [2.75, 3.05) is 0 Å². The minimum Gasteiger partial charge on any atom is -0.360 e. The molecule has 2 nitrogen and oxygen atoms in total. The first-order valence-electron chi connectivity index (χ1n) is 5.83. The molecule has 0 fully saturated rings. The highest BCUT2D eigenvalue weighted by Crippen LogP contribution is 2.30. The van der Waals surface area contributed by atoms with Crippen molar-refractivity contribution in [3.05, 3.63) is 67.7 Å². The van der Waals surface area contributed by atoms with Crippen molar-refractivity contribution in [1.82, 2.24) is 4.98 Å². The summed E-state index contributed by atoms with van der Waals surface area (Å²) in [5.74, 6) is -0.0494. The minimum absolute atomic E-state index is 0.0494. The van der Waals surface area contributed by atoms with E-state index in [1.54, 1.807) is 24.4 Å². The van der Waals surface area contributed by atoms with Gasteiger partial charge in [-0.15, -0.1) is 0 Å². The fourth-order valence-electron chi connectivity index (χ4n) is 2.14. The summed E-state index contributed by atoms with van der Waals surface area (Å²) in [6.45, 7) is 0. The molecular formula is C15H8Br2ClNO. The second kappa shape index (κ2) is 5.35. The number of aromatic nitrogens is 1. The van der Waals surface area contributed by atoms with Crippen molar-refractivity contribution in [2.24, 2.45) is 0 Å². The number of halogens is 3. The summed E-state index contributed by atoms with van der Waals surface area (Å²) in [7, 11) is 0. The van der Waals surface area contributed by atoms with Crippen molar-refractivity contribution < 1.29 is 4.79 Å². The second-order valence-corrected chi connectivity index (χ2v) is 6.46. The van der Waals surface area contributed by atoms with Gasteiger partial charge in [0.1, 0.15) is 0 Å². The first-order valence-corrected chi connectivity index (χ1v) is 7.79. The Morgan fingerprint density at radius 1 is 1.05 bits per heavy atom. The molecule has 100 valence electrons. The molecule has 0 unspecified atom stereocenters. The van der Waals surface area contributed by atoms with Crippen LogP contribution >= 0.6 is 43.5 Å². The number of hydrogen-bond donors (Lipinski definition) is 1. The Bertz CT molecular complexity index is 826. The van der Waals surface area contributed by atoms with E-state index in [1.165, 1.54) is 0 Å². The number of benzene rings is 2. The van der Waals surface area contributed by atoms with Crippen LogP contribution in [0.15, 0.2) is 51.5 Å². The lowest BCUT2D eigenvalue weighted by Crippen LogP contribution is -2.01. The summed E-state index contributed by atoms with van der Waals surface area (Å²) >= 11 is 12.8. The van der Waals surface area contributed by atoms with E-state index < -0.39 is 0 Å². The second-order valence-electron chi connectivity index (χ2n) is 4.32. The molecule has 0 aliphatic heterocycles. The summed E-state index contributed by atoms with van der Waals surface area (Å²) in [5.41, 5.74) is 2.15. The number of ketones is 1. The summed E-state index contributed by atoms with van der Waals surface area (Å²) in [6, 6.07) is 10.9. The van der Waals surface area contributed by atoms with Crippen molar-refractivity contribution in [1.29, 1.82) is 0 Å². The average Bonchev–Trinajstić information content (AvgIpc) is 2.83. The number of carbonyl (C=O) groups is 1. The highest BCUT2D eigenvalue weighted by atomic mass is 79.9. The number of nitrogens with one attached hydrogen (secondary N) is 1. The molecule has 0 spiro atoms. The fourth-order valence-corrected chi connectivity index (χ4v) is 3.58. The number of carbonyl (C=O) groups excluding carboxylic acids is 1. The zero-order chi connectivity index (χ0) is 14.3. The number of aromatic amines is 1. The smallest absolute Gasteiger partial charge is 0.196 e. The third-order valence-electron chi connectivity index (χ3n) is 3.08. The number of H-pyrrole nitrogens is 1. The normalized spacial score (nSPS) is 10.9. The van der Waals surface area contributed by atoms with E-state index in [2.05, 4.69) is 36.8 Å². The molecule has 0 bridgehead atoms. The van der Waals surface area contributed by atoms with E-state index in [9.17, 15) is 4.79 Å². The molecular weight excluding hydrogens is 405 g/mol. The Morgan fingerprint density at radius 3 is 2.60 bits per heavy atom. The van der Waals surface area contributed by atoms with E-state index in [-0.39, 0.29) is 5.78 Å². The Kier molecular flexibility index (Phi) is 3.71. The standard InChI is InChI=1S/C15H8Br2ClNO/c16-11-2-1-3-13-14(11)10(7-19-13)15(20)9-5-4-8(18)6-12(9)17/h1-7,19H. The van der Waals surface area contributed by atoms with Crippen molar-refractivity contribution in [3.8, 4) is 0 Å². The van der Waals surface area contributed by atoms with Gasteiger partial charge in [0.25, 0.3) is 0 Å². The Hall–Kier alpha value is -1.10. The van der Waals surface area contributed by atoms with E-state index in [4.69, 9.17) is 11.6 Å². The maximum absolute atomic E-state index is 12.7. The SMILES string of the molecule is O=C(c1ccc(Cl)cc1Br)c1c[nH]c2cccc(Br)c12. The molecule has 3 aromatic rings. The van der Waals surface area contributed by atoms with Crippen LogP contribution in [0.1, 0.15) is 15.9 Å². The van der Waals surface area contributed by atoms with Crippen molar-refractivity contribution in [2.45, 2.75) is 0 Å². The Balaban J connectivity index is 2.18. The zero-order valence-electron chi connectivity index (χ0n) is 10.1.